The van der Waals surface area contributed by atoms with Crippen molar-refractivity contribution in [2.75, 3.05) is 0 Å². The van der Waals surface area contributed by atoms with Gasteiger partial charge in [-0.25, -0.2) is 4.39 Å². The summed E-state index contributed by atoms with van der Waals surface area (Å²) in [5.41, 5.74) is 0.799. The van der Waals surface area contributed by atoms with Crippen LogP contribution in [0, 0.1) is 5.82 Å². The maximum atomic E-state index is 13.2. The van der Waals surface area contributed by atoms with Crippen molar-refractivity contribution in [1.82, 2.24) is 9.59 Å². The molecule has 2 aromatic rings. The summed E-state index contributed by atoms with van der Waals surface area (Å²) in [6, 6.07) is 3.73. The highest BCUT2D eigenvalue weighted by Gasteiger charge is 2.20. The fourth-order valence-corrected chi connectivity index (χ4v) is 2.44. The Kier molecular flexibility index (Phi) is 4.04. The third-order valence-corrected chi connectivity index (χ3v) is 3.52. The minimum absolute atomic E-state index is 0.153. The van der Waals surface area contributed by atoms with E-state index in [1.54, 1.807) is 0 Å². The zero-order chi connectivity index (χ0) is 13.1. The fraction of sp³-hybridized carbons (Fsp3) is 0.250. The quantitative estimate of drug-likeness (QED) is 0.807. The molecule has 0 spiro atoms. The van der Waals surface area contributed by atoms with E-state index in [0.717, 1.165) is 24.0 Å². The van der Waals surface area contributed by atoms with Crippen LogP contribution >= 0.6 is 23.1 Å². The van der Waals surface area contributed by atoms with E-state index >= 15 is 0 Å². The van der Waals surface area contributed by atoms with Gasteiger partial charge in [-0.3, -0.25) is 4.79 Å². The number of carbonyl (C=O) groups is 1. The Hall–Kier alpha value is -1.33. The second-order valence-electron chi connectivity index (χ2n) is 3.75. The molecule has 0 amide bonds. The minimum atomic E-state index is -0.489. The van der Waals surface area contributed by atoms with Gasteiger partial charge in [0.1, 0.15) is 10.7 Å². The lowest BCUT2D eigenvalue weighted by molar-refractivity contribution is 0.104. The number of aromatic nitrogens is 2. The monoisotopic (exact) mass is 284 g/mol. The van der Waals surface area contributed by atoms with Gasteiger partial charge in [-0.05, 0) is 36.2 Å². The largest absolute Gasteiger partial charge is 0.288 e. The van der Waals surface area contributed by atoms with Crippen LogP contribution < -0.4 is 0 Å². The van der Waals surface area contributed by atoms with Crippen molar-refractivity contribution >= 4 is 28.9 Å². The van der Waals surface area contributed by atoms with E-state index in [9.17, 15) is 9.18 Å². The van der Waals surface area contributed by atoms with Crippen molar-refractivity contribution in [3.8, 4) is 0 Å². The van der Waals surface area contributed by atoms with E-state index in [1.165, 1.54) is 12.1 Å². The number of carbonyl (C=O) groups excluding carboxylic acids is 1. The van der Waals surface area contributed by atoms with Gasteiger partial charge in [-0.2, -0.15) is 0 Å². The Morgan fingerprint density at radius 1 is 1.50 bits per heavy atom. The molecule has 0 unspecified atom stereocenters. The number of aryl methyl sites for hydroxylation is 1. The summed E-state index contributed by atoms with van der Waals surface area (Å²) in [6.07, 6.45) is 1.53. The molecule has 0 saturated heterocycles. The van der Waals surface area contributed by atoms with Gasteiger partial charge in [-0.1, -0.05) is 29.4 Å². The Bertz CT molecular complexity index is 585. The van der Waals surface area contributed by atoms with Crippen LogP contribution in [0.4, 0.5) is 4.39 Å². The smallest absolute Gasteiger partial charge is 0.208 e. The van der Waals surface area contributed by atoms with Gasteiger partial charge in [0.15, 0.2) is 0 Å². The first-order chi connectivity index (χ1) is 8.63. The van der Waals surface area contributed by atoms with Crippen molar-refractivity contribution in [3.05, 3.63) is 45.2 Å². The summed E-state index contributed by atoms with van der Waals surface area (Å²) in [4.78, 5) is 12.7. The molecule has 6 heteroatoms. The third-order valence-electron chi connectivity index (χ3n) is 2.42. The molecule has 3 nitrogen and oxygen atoms in total. The summed E-state index contributed by atoms with van der Waals surface area (Å²) < 4.78 is 16.9. The highest BCUT2D eigenvalue weighted by atomic mass is 35.5. The lowest BCUT2D eigenvalue weighted by atomic mass is 10.1. The molecule has 0 aliphatic heterocycles. The van der Waals surface area contributed by atoms with Gasteiger partial charge in [0.25, 0.3) is 0 Å². The Balaban J connectivity index is 2.41. The predicted octanol–water partition coefficient (Wildman–Crippen LogP) is 3.51. The molecule has 0 fully saturated rings. The van der Waals surface area contributed by atoms with Gasteiger partial charge in [0.05, 0.1) is 10.7 Å². The molecule has 1 aromatic carbocycles. The lowest BCUT2D eigenvalue weighted by Gasteiger charge is -2.02. The third kappa shape index (κ3) is 2.57. The molecule has 0 N–H and O–H groups in total. The number of hydrogen-bond donors (Lipinski definition) is 0. The van der Waals surface area contributed by atoms with Crippen molar-refractivity contribution in [2.24, 2.45) is 0 Å². The topological polar surface area (TPSA) is 42.9 Å². The number of hydrogen-bond acceptors (Lipinski definition) is 4. The summed E-state index contributed by atoms with van der Waals surface area (Å²) in [6.45, 7) is 1.99. The summed E-state index contributed by atoms with van der Waals surface area (Å²) in [5.74, 6) is -0.810. The molecule has 0 atom stereocenters. The zero-order valence-electron chi connectivity index (χ0n) is 9.61. The molecule has 0 aliphatic rings. The minimum Gasteiger partial charge on any atom is -0.288 e. The summed E-state index contributed by atoms with van der Waals surface area (Å²) in [7, 11) is 0. The van der Waals surface area contributed by atoms with Gasteiger partial charge in [0.2, 0.25) is 5.78 Å². The van der Waals surface area contributed by atoms with Crippen molar-refractivity contribution < 1.29 is 9.18 Å². The molecule has 94 valence electrons. The van der Waals surface area contributed by atoms with Gasteiger partial charge >= 0.3 is 0 Å². The Morgan fingerprint density at radius 2 is 2.28 bits per heavy atom. The highest BCUT2D eigenvalue weighted by Crippen LogP contribution is 2.23. The van der Waals surface area contributed by atoms with E-state index in [0.29, 0.717) is 17.0 Å². The van der Waals surface area contributed by atoms with Crippen LogP contribution in [0.5, 0.6) is 0 Å². The van der Waals surface area contributed by atoms with Crippen molar-refractivity contribution in [2.45, 2.75) is 19.8 Å². The molecule has 0 aliphatic carbocycles. The molecule has 1 heterocycles. The van der Waals surface area contributed by atoms with E-state index in [4.69, 9.17) is 11.6 Å². The normalized spacial score (nSPS) is 10.6. The first kappa shape index (κ1) is 13.1. The number of ketones is 1. The molecule has 0 bridgehead atoms. The van der Waals surface area contributed by atoms with Crippen LogP contribution in [0.25, 0.3) is 0 Å². The average molecular weight is 285 g/mol. The molecule has 0 radical (unpaired) electrons. The van der Waals surface area contributed by atoms with Crippen LogP contribution in [-0.2, 0) is 6.42 Å². The average Bonchev–Trinajstić information content (AvgIpc) is 2.80. The Labute approximate surface area is 113 Å². The first-order valence-electron chi connectivity index (χ1n) is 5.44. The number of rotatable bonds is 4. The maximum Gasteiger partial charge on any atom is 0.208 e. The second kappa shape index (κ2) is 5.54. The maximum absolute atomic E-state index is 13.2. The molecular formula is C12H10ClFN2OS. The van der Waals surface area contributed by atoms with Crippen LogP contribution in [0.15, 0.2) is 18.2 Å². The van der Waals surface area contributed by atoms with Gasteiger partial charge in [-0.15, -0.1) is 5.10 Å². The predicted molar refractivity (Wildman–Crippen MR) is 68.7 cm³/mol. The number of halogens is 2. The zero-order valence-corrected chi connectivity index (χ0v) is 11.2. The molecular weight excluding hydrogens is 275 g/mol. The number of nitrogens with zero attached hydrogens (tertiary/aromatic N) is 2. The fourth-order valence-electron chi connectivity index (χ4n) is 1.58. The van der Waals surface area contributed by atoms with Crippen molar-refractivity contribution in [1.29, 1.82) is 0 Å². The molecule has 18 heavy (non-hydrogen) atoms. The van der Waals surface area contributed by atoms with Gasteiger partial charge < -0.3 is 0 Å². The van der Waals surface area contributed by atoms with Crippen LogP contribution in [0.2, 0.25) is 5.02 Å². The van der Waals surface area contributed by atoms with Crippen LogP contribution in [0.3, 0.4) is 0 Å². The first-order valence-corrected chi connectivity index (χ1v) is 6.59. The second-order valence-corrected chi connectivity index (χ2v) is 4.91. The van der Waals surface area contributed by atoms with Crippen LogP contribution in [-0.4, -0.2) is 15.4 Å². The van der Waals surface area contributed by atoms with Crippen molar-refractivity contribution in [3.63, 3.8) is 0 Å². The van der Waals surface area contributed by atoms with Gasteiger partial charge in [0, 0.05) is 5.56 Å². The van der Waals surface area contributed by atoms with E-state index in [-0.39, 0.29) is 16.4 Å². The Morgan fingerprint density at radius 3 is 3.00 bits per heavy atom. The summed E-state index contributed by atoms with van der Waals surface area (Å²) in [5, 5.41) is 4.15. The van der Waals surface area contributed by atoms with E-state index in [1.807, 2.05) is 6.92 Å². The molecule has 0 saturated carbocycles. The van der Waals surface area contributed by atoms with E-state index in [2.05, 4.69) is 9.59 Å². The molecule has 1 aromatic heterocycles. The SMILES string of the molecule is CCCc1nnsc1C(=O)c1cc(F)ccc1Cl. The highest BCUT2D eigenvalue weighted by molar-refractivity contribution is 7.08. The molecule has 2 rings (SSSR count). The summed E-state index contributed by atoms with van der Waals surface area (Å²) >= 11 is 6.93. The number of benzene rings is 1. The van der Waals surface area contributed by atoms with Crippen LogP contribution in [0.1, 0.15) is 34.3 Å². The lowest BCUT2D eigenvalue weighted by Crippen LogP contribution is -2.04. The standard InChI is InChI=1S/C12H10ClFN2OS/c1-2-3-10-12(18-16-15-10)11(17)8-6-7(14)4-5-9(8)13/h4-6H,2-3H2,1H3. The van der Waals surface area contributed by atoms with E-state index < -0.39 is 5.82 Å².